The number of rotatable bonds is 4. The summed E-state index contributed by atoms with van der Waals surface area (Å²) in [4.78, 5) is 0. The lowest BCUT2D eigenvalue weighted by molar-refractivity contribution is 0.189. The van der Waals surface area contributed by atoms with Gasteiger partial charge in [-0.1, -0.05) is 52.4 Å². The highest BCUT2D eigenvalue weighted by Crippen LogP contribution is 2.37. The first-order valence-electron chi connectivity index (χ1n) is 4.88. The van der Waals surface area contributed by atoms with Crippen molar-refractivity contribution in [2.75, 3.05) is 0 Å². The van der Waals surface area contributed by atoms with E-state index in [-0.39, 0.29) is 0 Å². The van der Waals surface area contributed by atoms with Crippen LogP contribution in [0.4, 0.5) is 0 Å². The molecule has 0 aromatic rings. The van der Waals surface area contributed by atoms with Gasteiger partial charge in [0.15, 0.2) is 0 Å². The predicted molar refractivity (Wildman–Crippen MR) is 46.0 cm³/mol. The lowest BCUT2D eigenvalue weighted by Gasteiger charge is -2.33. The molecule has 0 heterocycles. The summed E-state index contributed by atoms with van der Waals surface area (Å²) >= 11 is 0. The molecule has 0 aromatic heterocycles. The van der Waals surface area contributed by atoms with Crippen molar-refractivity contribution in [3.05, 3.63) is 0 Å². The smallest absolute Gasteiger partial charge is 0.0386 e. The third kappa shape index (κ3) is 1.74. The largest absolute Gasteiger partial charge is 0.0654 e. The third-order valence-electron chi connectivity index (χ3n) is 3.00. The summed E-state index contributed by atoms with van der Waals surface area (Å²) in [6.45, 7) is 4.65. The Labute approximate surface area is 65.0 Å². The summed E-state index contributed by atoms with van der Waals surface area (Å²) in [6.07, 6.45) is 8.83. The number of hydrogen-bond donors (Lipinski definition) is 0. The van der Waals surface area contributed by atoms with Crippen LogP contribution in [0.15, 0.2) is 0 Å². The molecule has 0 aromatic carbocycles. The van der Waals surface area contributed by atoms with Gasteiger partial charge in [0.25, 0.3) is 0 Å². The van der Waals surface area contributed by atoms with Gasteiger partial charge in [-0.3, -0.25) is 0 Å². The highest BCUT2D eigenvalue weighted by molar-refractivity contribution is 4.76. The maximum atomic E-state index is 2.35. The standard InChI is InChI=1S/C10H20/c1-3-6-9(4-2)10-7-5-8-10/h9-10H,3-8H2,1-2H3. The van der Waals surface area contributed by atoms with E-state index in [2.05, 4.69) is 13.8 Å². The van der Waals surface area contributed by atoms with E-state index in [1.54, 1.807) is 0 Å². The van der Waals surface area contributed by atoms with Crippen LogP contribution in [0, 0.1) is 11.8 Å². The molecule has 1 saturated carbocycles. The van der Waals surface area contributed by atoms with Gasteiger partial charge in [0, 0.05) is 0 Å². The van der Waals surface area contributed by atoms with Gasteiger partial charge in [-0.2, -0.15) is 0 Å². The Morgan fingerprint density at radius 3 is 2.30 bits per heavy atom. The second kappa shape index (κ2) is 4.00. The Morgan fingerprint density at radius 1 is 1.30 bits per heavy atom. The predicted octanol–water partition coefficient (Wildman–Crippen LogP) is 3.61. The van der Waals surface area contributed by atoms with Gasteiger partial charge in [0.1, 0.15) is 0 Å². The second-order valence-corrected chi connectivity index (χ2v) is 3.65. The summed E-state index contributed by atoms with van der Waals surface area (Å²) in [5.74, 6) is 2.18. The Kier molecular flexibility index (Phi) is 3.24. The molecule has 0 spiro atoms. The molecule has 1 rings (SSSR count). The van der Waals surface area contributed by atoms with Gasteiger partial charge in [-0.25, -0.2) is 0 Å². The van der Waals surface area contributed by atoms with Crippen LogP contribution in [0.3, 0.4) is 0 Å². The molecular weight excluding hydrogens is 120 g/mol. The third-order valence-corrected chi connectivity index (χ3v) is 3.00. The topological polar surface area (TPSA) is 0 Å². The van der Waals surface area contributed by atoms with Crippen LogP contribution in [0.2, 0.25) is 0 Å². The minimum Gasteiger partial charge on any atom is -0.0654 e. The van der Waals surface area contributed by atoms with Crippen molar-refractivity contribution in [3.63, 3.8) is 0 Å². The monoisotopic (exact) mass is 140 g/mol. The van der Waals surface area contributed by atoms with Gasteiger partial charge < -0.3 is 0 Å². The van der Waals surface area contributed by atoms with E-state index < -0.39 is 0 Å². The van der Waals surface area contributed by atoms with Crippen molar-refractivity contribution in [3.8, 4) is 0 Å². The highest BCUT2D eigenvalue weighted by atomic mass is 14.3. The minimum absolute atomic E-state index is 1.07. The van der Waals surface area contributed by atoms with E-state index in [0.29, 0.717) is 0 Å². The van der Waals surface area contributed by atoms with Crippen molar-refractivity contribution >= 4 is 0 Å². The zero-order valence-electron chi connectivity index (χ0n) is 7.40. The molecule has 1 atom stereocenters. The molecule has 10 heavy (non-hydrogen) atoms. The lowest BCUT2D eigenvalue weighted by atomic mass is 9.73. The SMILES string of the molecule is CCCC(CC)C1CCC1. The second-order valence-electron chi connectivity index (χ2n) is 3.65. The molecule has 60 valence electrons. The molecule has 0 radical (unpaired) electrons. The van der Waals surface area contributed by atoms with E-state index in [4.69, 9.17) is 0 Å². The van der Waals surface area contributed by atoms with Gasteiger partial charge in [0.2, 0.25) is 0 Å². The van der Waals surface area contributed by atoms with Gasteiger partial charge in [0.05, 0.1) is 0 Å². The maximum absolute atomic E-state index is 2.35. The molecule has 0 saturated heterocycles. The summed E-state index contributed by atoms with van der Waals surface area (Å²) in [7, 11) is 0. The molecule has 0 bridgehead atoms. The molecule has 0 nitrogen and oxygen atoms in total. The normalized spacial score (nSPS) is 22.2. The first-order valence-corrected chi connectivity index (χ1v) is 4.88. The van der Waals surface area contributed by atoms with E-state index in [1.807, 2.05) is 0 Å². The van der Waals surface area contributed by atoms with Crippen molar-refractivity contribution < 1.29 is 0 Å². The van der Waals surface area contributed by atoms with Crippen LogP contribution in [0.5, 0.6) is 0 Å². The first-order chi connectivity index (χ1) is 4.88. The first kappa shape index (κ1) is 8.10. The molecule has 0 aliphatic heterocycles. The van der Waals surface area contributed by atoms with E-state index in [9.17, 15) is 0 Å². The zero-order valence-corrected chi connectivity index (χ0v) is 7.40. The number of hydrogen-bond acceptors (Lipinski definition) is 0. The minimum atomic E-state index is 1.07. The van der Waals surface area contributed by atoms with Crippen LogP contribution < -0.4 is 0 Å². The molecular formula is C10H20. The molecule has 1 aliphatic rings. The Balaban J connectivity index is 2.17. The van der Waals surface area contributed by atoms with Crippen LogP contribution >= 0.6 is 0 Å². The average molecular weight is 140 g/mol. The van der Waals surface area contributed by atoms with Gasteiger partial charge >= 0.3 is 0 Å². The van der Waals surface area contributed by atoms with E-state index in [1.165, 1.54) is 38.5 Å². The van der Waals surface area contributed by atoms with E-state index in [0.717, 1.165) is 11.8 Å². The fourth-order valence-corrected chi connectivity index (χ4v) is 2.06. The zero-order chi connectivity index (χ0) is 7.40. The molecule has 0 amide bonds. The maximum Gasteiger partial charge on any atom is -0.0386 e. The summed E-state index contributed by atoms with van der Waals surface area (Å²) < 4.78 is 0. The Hall–Kier alpha value is 0. The van der Waals surface area contributed by atoms with Crippen molar-refractivity contribution in [2.24, 2.45) is 11.8 Å². The highest BCUT2D eigenvalue weighted by Gasteiger charge is 2.24. The lowest BCUT2D eigenvalue weighted by Crippen LogP contribution is -2.21. The summed E-state index contributed by atoms with van der Waals surface area (Å²) in [6, 6.07) is 0. The molecule has 0 heteroatoms. The Bertz CT molecular complexity index is 82.0. The fourth-order valence-electron chi connectivity index (χ4n) is 2.06. The Morgan fingerprint density at radius 2 is 2.00 bits per heavy atom. The van der Waals surface area contributed by atoms with E-state index >= 15 is 0 Å². The fraction of sp³-hybridized carbons (Fsp3) is 1.00. The van der Waals surface area contributed by atoms with Crippen molar-refractivity contribution in [1.82, 2.24) is 0 Å². The van der Waals surface area contributed by atoms with Gasteiger partial charge in [-0.15, -0.1) is 0 Å². The molecule has 1 aliphatic carbocycles. The van der Waals surface area contributed by atoms with Crippen LogP contribution in [-0.2, 0) is 0 Å². The molecule has 1 unspecified atom stereocenters. The summed E-state index contributed by atoms with van der Waals surface area (Å²) in [5.41, 5.74) is 0. The van der Waals surface area contributed by atoms with Gasteiger partial charge in [-0.05, 0) is 11.8 Å². The van der Waals surface area contributed by atoms with Crippen LogP contribution in [0.25, 0.3) is 0 Å². The van der Waals surface area contributed by atoms with Crippen LogP contribution in [-0.4, -0.2) is 0 Å². The average Bonchev–Trinajstić information content (AvgIpc) is 1.83. The van der Waals surface area contributed by atoms with Crippen molar-refractivity contribution in [1.29, 1.82) is 0 Å². The quantitative estimate of drug-likeness (QED) is 0.559. The molecule has 1 fully saturated rings. The molecule has 0 N–H and O–H groups in total. The van der Waals surface area contributed by atoms with Crippen molar-refractivity contribution in [2.45, 2.75) is 52.4 Å². The summed E-state index contributed by atoms with van der Waals surface area (Å²) in [5, 5.41) is 0. The van der Waals surface area contributed by atoms with Crippen LogP contribution in [0.1, 0.15) is 52.4 Å².